The van der Waals surface area contributed by atoms with Gasteiger partial charge in [-0.05, 0) is 24.3 Å². The smallest absolute Gasteiger partial charge is 0.269 e. The predicted octanol–water partition coefficient (Wildman–Crippen LogP) is 3.13. The molecule has 154 valence electrons. The van der Waals surface area contributed by atoms with Gasteiger partial charge in [0.05, 0.1) is 4.92 Å². The Hall–Kier alpha value is -3.29. The molecular weight excluding hydrogens is 370 g/mol. The SMILES string of the molecule is CN=C(NCCNc1ccc([N+](=O)[O-])cc1)N1CCC(Oc2ccccc2)CC1. The van der Waals surface area contributed by atoms with Gasteiger partial charge in [-0.25, -0.2) is 0 Å². The van der Waals surface area contributed by atoms with Gasteiger partial charge >= 0.3 is 0 Å². The van der Waals surface area contributed by atoms with Crippen LogP contribution >= 0.6 is 0 Å². The number of aliphatic imine (C=N–C) groups is 1. The molecule has 0 radical (unpaired) electrons. The van der Waals surface area contributed by atoms with Crippen LogP contribution in [0.5, 0.6) is 5.75 Å². The Labute approximate surface area is 170 Å². The van der Waals surface area contributed by atoms with Crippen molar-refractivity contribution >= 4 is 17.3 Å². The maximum absolute atomic E-state index is 10.7. The molecule has 2 N–H and O–H groups in total. The van der Waals surface area contributed by atoms with Crippen molar-refractivity contribution in [3.05, 3.63) is 64.7 Å². The lowest BCUT2D eigenvalue weighted by molar-refractivity contribution is -0.384. The fourth-order valence-corrected chi connectivity index (χ4v) is 3.29. The van der Waals surface area contributed by atoms with Crippen LogP contribution in [0.15, 0.2) is 59.6 Å². The summed E-state index contributed by atoms with van der Waals surface area (Å²) in [6.07, 6.45) is 2.14. The summed E-state index contributed by atoms with van der Waals surface area (Å²) in [5, 5.41) is 17.3. The van der Waals surface area contributed by atoms with E-state index in [-0.39, 0.29) is 11.8 Å². The fraction of sp³-hybridized carbons (Fsp3) is 0.381. The summed E-state index contributed by atoms with van der Waals surface area (Å²) >= 11 is 0. The summed E-state index contributed by atoms with van der Waals surface area (Å²) in [5.41, 5.74) is 0.944. The number of nitrogens with zero attached hydrogens (tertiary/aromatic N) is 3. The van der Waals surface area contributed by atoms with Gasteiger partial charge in [0, 0.05) is 63.9 Å². The van der Waals surface area contributed by atoms with Crippen LogP contribution in [-0.2, 0) is 0 Å². The Kier molecular flexibility index (Phi) is 7.27. The van der Waals surface area contributed by atoms with Crippen molar-refractivity contribution in [3.8, 4) is 5.75 Å². The highest BCUT2D eigenvalue weighted by Crippen LogP contribution is 2.19. The van der Waals surface area contributed by atoms with E-state index in [4.69, 9.17) is 4.74 Å². The standard InChI is InChI=1S/C21H27N5O3/c1-22-21(24-14-13-23-17-7-9-18(10-8-17)26(27)28)25-15-11-20(12-16-25)29-19-5-3-2-4-6-19/h2-10,20,23H,11-16H2,1H3,(H,22,24). The van der Waals surface area contributed by atoms with Gasteiger partial charge in [0.25, 0.3) is 5.69 Å². The molecule has 0 saturated carbocycles. The Balaban J connectivity index is 1.38. The zero-order valence-electron chi connectivity index (χ0n) is 16.6. The van der Waals surface area contributed by atoms with E-state index in [1.165, 1.54) is 12.1 Å². The first-order chi connectivity index (χ1) is 14.2. The minimum Gasteiger partial charge on any atom is -0.490 e. The second kappa shape index (κ2) is 10.3. The molecule has 1 heterocycles. The number of non-ortho nitro benzene ring substituents is 1. The number of ether oxygens (including phenoxy) is 1. The van der Waals surface area contributed by atoms with E-state index in [1.54, 1.807) is 19.2 Å². The molecule has 0 aromatic heterocycles. The zero-order valence-corrected chi connectivity index (χ0v) is 16.6. The predicted molar refractivity (Wildman–Crippen MR) is 115 cm³/mol. The molecule has 8 heteroatoms. The van der Waals surface area contributed by atoms with Crippen molar-refractivity contribution in [1.29, 1.82) is 0 Å². The molecule has 2 aromatic rings. The third kappa shape index (κ3) is 6.10. The van der Waals surface area contributed by atoms with E-state index in [1.807, 2.05) is 30.3 Å². The zero-order chi connectivity index (χ0) is 20.5. The number of likely N-dealkylation sites (tertiary alicyclic amines) is 1. The van der Waals surface area contributed by atoms with Crippen LogP contribution < -0.4 is 15.4 Å². The molecule has 0 atom stereocenters. The number of piperidine rings is 1. The Bertz CT molecular complexity index is 803. The van der Waals surface area contributed by atoms with Gasteiger partial charge < -0.3 is 20.3 Å². The number of nitro benzene ring substituents is 1. The molecule has 3 rings (SSSR count). The van der Waals surface area contributed by atoms with Crippen molar-refractivity contribution in [1.82, 2.24) is 10.2 Å². The van der Waals surface area contributed by atoms with Gasteiger partial charge in [0.15, 0.2) is 5.96 Å². The van der Waals surface area contributed by atoms with Gasteiger partial charge in [0.1, 0.15) is 11.9 Å². The first-order valence-corrected chi connectivity index (χ1v) is 9.81. The molecule has 1 saturated heterocycles. The number of benzene rings is 2. The normalized spacial score (nSPS) is 15.1. The van der Waals surface area contributed by atoms with Gasteiger partial charge in [-0.2, -0.15) is 0 Å². The topological polar surface area (TPSA) is 92.0 Å². The molecule has 0 unspecified atom stereocenters. The highest BCUT2D eigenvalue weighted by atomic mass is 16.6. The molecule has 0 spiro atoms. The lowest BCUT2D eigenvalue weighted by atomic mass is 10.1. The third-order valence-corrected chi connectivity index (χ3v) is 4.81. The van der Waals surface area contributed by atoms with Crippen LogP contribution in [-0.4, -0.2) is 55.1 Å². The Morgan fingerprint density at radius 1 is 1.14 bits per heavy atom. The van der Waals surface area contributed by atoms with E-state index in [0.717, 1.165) is 43.3 Å². The second-order valence-corrected chi connectivity index (χ2v) is 6.82. The highest BCUT2D eigenvalue weighted by Gasteiger charge is 2.22. The number of nitro groups is 1. The highest BCUT2D eigenvalue weighted by molar-refractivity contribution is 5.80. The average Bonchev–Trinajstić information content (AvgIpc) is 2.76. The minimum absolute atomic E-state index is 0.0914. The first-order valence-electron chi connectivity index (χ1n) is 9.81. The molecule has 29 heavy (non-hydrogen) atoms. The number of rotatable bonds is 7. The van der Waals surface area contributed by atoms with Crippen LogP contribution in [0.1, 0.15) is 12.8 Å². The molecular formula is C21H27N5O3. The lowest BCUT2D eigenvalue weighted by Crippen LogP contribution is -2.48. The van der Waals surface area contributed by atoms with Crippen molar-refractivity contribution < 1.29 is 9.66 Å². The number of para-hydroxylation sites is 1. The Morgan fingerprint density at radius 3 is 2.45 bits per heavy atom. The summed E-state index contributed by atoms with van der Waals surface area (Å²) in [5.74, 6) is 1.81. The van der Waals surface area contributed by atoms with Crippen LogP contribution in [0.2, 0.25) is 0 Å². The largest absolute Gasteiger partial charge is 0.490 e. The molecule has 2 aromatic carbocycles. The maximum Gasteiger partial charge on any atom is 0.269 e. The molecule has 0 bridgehead atoms. The number of guanidine groups is 1. The Morgan fingerprint density at radius 2 is 1.83 bits per heavy atom. The first kappa shape index (κ1) is 20.4. The lowest BCUT2D eigenvalue weighted by Gasteiger charge is -2.34. The van der Waals surface area contributed by atoms with Crippen molar-refractivity contribution in [2.24, 2.45) is 4.99 Å². The van der Waals surface area contributed by atoms with Crippen molar-refractivity contribution in [2.75, 3.05) is 38.5 Å². The molecule has 0 amide bonds. The van der Waals surface area contributed by atoms with E-state index in [9.17, 15) is 10.1 Å². The summed E-state index contributed by atoms with van der Waals surface area (Å²) in [7, 11) is 1.79. The monoisotopic (exact) mass is 397 g/mol. The molecule has 0 aliphatic carbocycles. The number of nitrogens with one attached hydrogen (secondary N) is 2. The average molecular weight is 397 g/mol. The van der Waals surface area contributed by atoms with Gasteiger partial charge in [0.2, 0.25) is 0 Å². The van der Waals surface area contributed by atoms with E-state index < -0.39 is 4.92 Å². The summed E-state index contributed by atoms with van der Waals surface area (Å²) in [4.78, 5) is 16.9. The van der Waals surface area contributed by atoms with E-state index in [2.05, 4.69) is 20.5 Å². The summed E-state index contributed by atoms with van der Waals surface area (Å²) in [6.45, 7) is 3.18. The second-order valence-electron chi connectivity index (χ2n) is 6.82. The minimum atomic E-state index is -0.399. The third-order valence-electron chi connectivity index (χ3n) is 4.81. The molecule has 1 aliphatic heterocycles. The number of hydrogen-bond acceptors (Lipinski definition) is 5. The van der Waals surface area contributed by atoms with Crippen LogP contribution in [0, 0.1) is 10.1 Å². The van der Waals surface area contributed by atoms with Crippen LogP contribution in [0.4, 0.5) is 11.4 Å². The van der Waals surface area contributed by atoms with Crippen molar-refractivity contribution in [2.45, 2.75) is 18.9 Å². The van der Waals surface area contributed by atoms with E-state index in [0.29, 0.717) is 13.1 Å². The number of anilines is 1. The van der Waals surface area contributed by atoms with Gasteiger partial charge in [-0.1, -0.05) is 18.2 Å². The maximum atomic E-state index is 10.7. The quantitative estimate of drug-likeness (QED) is 0.245. The summed E-state index contributed by atoms with van der Waals surface area (Å²) in [6, 6.07) is 16.4. The fourth-order valence-electron chi connectivity index (χ4n) is 3.29. The number of hydrogen-bond donors (Lipinski definition) is 2. The summed E-state index contributed by atoms with van der Waals surface area (Å²) < 4.78 is 6.05. The van der Waals surface area contributed by atoms with Crippen molar-refractivity contribution in [3.63, 3.8) is 0 Å². The molecule has 8 nitrogen and oxygen atoms in total. The van der Waals surface area contributed by atoms with E-state index >= 15 is 0 Å². The van der Waals surface area contributed by atoms with Crippen LogP contribution in [0.25, 0.3) is 0 Å². The van der Waals surface area contributed by atoms with Gasteiger partial charge in [-0.3, -0.25) is 15.1 Å². The van der Waals surface area contributed by atoms with Gasteiger partial charge in [-0.15, -0.1) is 0 Å². The molecule has 1 aliphatic rings. The van der Waals surface area contributed by atoms with Crippen LogP contribution in [0.3, 0.4) is 0 Å². The molecule has 1 fully saturated rings.